The zero-order chi connectivity index (χ0) is 19.1. The van der Waals surface area contributed by atoms with Crippen molar-refractivity contribution in [2.75, 3.05) is 36.5 Å². The zero-order valence-corrected chi connectivity index (χ0v) is 15.9. The molecule has 1 aromatic heterocycles. The molecule has 2 N–H and O–H groups in total. The lowest BCUT2D eigenvalue weighted by molar-refractivity contribution is 0.0853. The van der Waals surface area contributed by atoms with Crippen LogP contribution >= 0.6 is 0 Å². The second kappa shape index (κ2) is 9.32. The van der Waals surface area contributed by atoms with Crippen molar-refractivity contribution in [3.8, 4) is 0 Å². The third-order valence-corrected chi connectivity index (χ3v) is 4.68. The molecule has 0 bridgehead atoms. The van der Waals surface area contributed by atoms with Crippen molar-refractivity contribution in [2.24, 2.45) is 0 Å². The molecule has 1 atom stereocenters. The lowest BCUT2D eigenvalue weighted by atomic mass is 10.2. The van der Waals surface area contributed by atoms with E-state index in [1.165, 1.54) is 5.69 Å². The van der Waals surface area contributed by atoms with Crippen molar-refractivity contribution in [1.82, 2.24) is 15.5 Å². The lowest BCUT2D eigenvalue weighted by Gasteiger charge is -2.21. The van der Waals surface area contributed by atoms with Crippen LogP contribution in [0.4, 0.5) is 17.2 Å². The summed E-state index contributed by atoms with van der Waals surface area (Å²) >= 11 is 0. The van der Waals surface area contributed by atoms with Gasteiger partial charge in [-0.15, -0.1) is 10.2 Å². The maximum atomic E-state index is 12.1. The molecular weight excluding hydrogens is 342 g/mol. The largest absolute Gasteiger partial charge is 0.376 e. The Morgan fingerprint density at radius 3 is 2.52 bits per heavy atom. The number of hydrogen-bond donors (Lipinski definition) is 2. The van der Waals surface area contributed by atoms with Crippen molar-refractivity contribution in [2.45, 2.75) is 32.8 Å². The molecule has 0 saturated carbocycles. The summed E-state index contributed by atoms with van der Waals surface area (Å²) in [6.07, 6.45) is 2.15. The summed E-state index contributed by atoms with van der Waals surface area (Å²) in [5.41, 5.74) is 2.42. The van der Waals surface area contributed by atoms with E-state index in [2.05, 4.69) is 51.7 Å². The predicted molar refractivity (Wildman–Crippen MR) is 107 cm³/mol. The van der Waals surface area contributed by atoms with Gasteiger partial charge in [0.05, 0.1) is 6.10 Å². The van der Waals surface area contributed by atoms with Gasteiger partial charge in [-0.3, -0.25) is 4.79 Å². The zero-order valence-electron chi connectivity index (χ0n) is 15.9. The molecule has 1 saturated heterocycles. The third-order valence-electron chi connectivity index (χ3n) is 4.68. The van der Waals surface area contributed by atoms with E-state index in [0.717, 1.165) is 38.2 Å². The molecule has 7 heteroatoms. The Bertz CT molecular complexity index is 723. The first-order valence-electron chi connectivity index (χ1n) is 9.55. The molecule has 3 rings (SSSR count). The van der Waals surface area contributed by atoms with E-state index in [9.17, 15) is 4.79 Å². The van der Waals surface area contributed by atoms with E-state index in [1.54, 1.807) is 12.1 Å². The Balaban J connectivity index is 1.54. The van der Waals surface area contributed by atoms with E-state index in [0.29, 0.717) is 18.1 Å². The van der Waals surface area contributed by atoms with E-state index in [1.807, 2.05) is 12.1 Å². The second-order valence-electron chi connectivity index (χ2n) is 6.49. The van der Waals surface area contributed by atoms with Gasteiger partial charge < -0.3 is 20.3 Å². The van der Waals surface area contributed by atoms with Gasteiger partial charge in [-0.2, -0.15) is 0 Å². The first kappa shape index (κ1) is 19.1. The molecule has 1 aliphatic heterocycles. The summed E-state index contributed by atoms with van der Waals surface area (Å²) in [4.78, 5) is 14.4. The number of anilines is 3. The fraction of sp³-hybridized carbons (Fsp3) is 0.450. The monoisotopic (exact) mass is 369 g/mol. The molecule has 0 radical (unpaired) electrons. The van der Waals surface area contributed by atoms with Gasteiger partial charge in [0.15, 0.2) is 11.5 Å². The van der Waals surface area contributed by atoms with Gasteiger partial charge in [-0.05, 0) is 63.1 Å². The van der Waals surface area contributed by atoms with Gasteiger partial charge in [-0.25, -0.2) is 0 Å². The molecule has 1 fully saturated rings. The number of carbonyl (C=O) groups excluding carboxylic acids is 1. The molecule has 27 heavy (non-hydrogen) atoms. The van der Waals surface area contributed by atoms with Crippen LogP contribution in [-0.2, 0) is 4.74 Å². The first-order chi connectivity index (χ1) is 13.2. The Labute approximate surface area is 160 Å². The van der Waals surface area contributed by atoms with Crippen LogP contribution in [0.5, 0.6) is 0 Å². The molecule has 2 aromatic rings. The van der Waals surface area contributed by atoms with Crippen LogP contribution in [0.2, 0.25) is 0 Å². The Kier molecular flexibility index (Phi) is 6.59. The van der Waals surface area contributed by atoms with E-state index in [-0.39, 0.29) is 12.0 Å². The number of amides is 1. The minimum atomic E-state index is -0.229. The van der Waals surface area contributed by atoms with E-state index in [4.69, 9.17) is 4.74 Å². The Morgan fingerprint density at radius 1 is 1.15 bits per heavy atom. The number of ether oxygens (including phenoxy) is 1. The van der Waals surface area contributed by atoms with Crippen LogP contribution in [-0.4, -0.2) is 48.4 Å². The minimum absolute atomic E-state index is 0.113. The van der Waals surface area contributed by atoms with Crippen molar-refractivity contribution in [3.05, 3.63) is 42.1 Å². The number of carbonyl (C=O) groups is 1. The van der Waals surface area contributed by atoms with Crippen LogP contribution in [0.1, 0.15) is 37.2 Å². The lowest BCUT2D eigenvalue weighted by Crippen LogP contribution is -2.32. The maximum absolute atomic E-state index is 12.1. The highest BCUT2D eigenvalue weighted by Gasteiger charge is 2.17. The van der Waals surface area contributed by atoms with Gasteiger partial charge >= 0.3 is 0 Å². The summed E-state index contributed by atoms with van der Waals surface area (Å²) < 4.78 is 5.50. The molecule has 1 amide bonds. The maximum Gasteiger partial charge on any atom is 0.271 e. The summed E-state index contributed by atoms with van der Waals surface area (Å²) in [5, 5.41) is 14.2. The van der Waals surface area contributed by atoms with Crippen LogP contribution in [0.15, 0.2) is 36.4 Å². The molecule has 7 nitrogen and oxygen atoms in total. The minimum Gasteiger partial charge on any atom is -0.376 e. The standard InChI is InChI=1S/C20H27N5O2/c1-3-25(4-2)16-9-7-15(8-10-16)22-19-12-11-18(23-24-19)20(26)21-14-17-6-5-13-27-17/h7-12,17H,3-6,13-14H2,1-2H3,(H,21,26)(H,22,24). The van der Waals surface area contributed by atoms with Crippen molar-refractivity contribution >= 4 is 23.1 Å². The summed E-state index contributed by atoms with van der Waals surface area (Å²) in [6.45, 7) is 7.53. The number of aromatic nitrogens is 2. The van der Waals surface area contributed by atoms with Crippen LogP contribution in [0.3, 0.4) is 0 Å². The van der Waals surface area contributed by atoms with Crippen LogP contribution < -0.4 is 15.5 Å². The Morgan fingerprint density at radius 2 is 1.93 bits per heavy atom. The van der Waals surface area contributed by atoms with Gasteiger partial charge in [0.25, 0.3) is 5.91 Å². The number of nitrogens with zero attached hydrogens (tertiary/aromatic N) is 3. The molecule has 0 aliphatic carbocycles. The smallest absolute Gasteiger partial charge is 0.271 e. The van der Waals surface area contributed by atoms with Gasteiger partial charge in [0.2, 0.25) is 0 Å². The SMILES string of the molecule is CCN(CC)c1ccc(Nc2ccc(C(=O)NCC3CCCO3)nn2)cc1. The molecule has 2 heterocycles. The van der Waals surface area contributed by atoms with Gasteiger partial charge in [-0.1, -0.05) is 0 Å². The molecule has 1 aliphatic rings. The molecule has 144 valence electrons. The van der Waals surface area contributed by atoms with Crippen LogP contribution in [0.25, 0.3) is 0 Å². The number of nitrogens with one attached hydrogen (secondary N) is 2. The Hall–Kier alpha value is -2.67. The average Bonchev–Trinajstić information content (AvgIpc) is 3.22. The summed E-state index contributed by atoms with van der Waals surface area (Å²) in [5.74, 6) is 0.370. The van der Waals surface area contributed by atoms with Crippen molar-refractivity contribution < 1.29 is 9.53 Å². The third kappa shape index (κ3) is 5.17. The quantitative estimate of drug-likeness (QED) is 0.745. The summed E-state index contributed by atoms with van der Waals surface area (Å²) in [6, 6.07) is 11.6. The topological polar surface area (TPSA) is 79.4 Å². The molecule has 1 unspecified atom stereocenters. The van der Waals surface area contributed by atoms with E-state index < -0.39 is 0 Å². The fourth-order valence-electron chi connectivity index (χ4n) is 3.11. The highest BCUT2D eigenvalue weighted by Crippen LogP contribution is 2.20. The molecule has 1 aromatic carbocycles. The second-order valence-corrected chi connectivity index (χ2v) is 6.49. The number of hydrogen-bond acceptors (Lipinski definition) is 6. The fourth-order valence-corrected chi connectivity index (χ4v) is 3.11. The summed E-state index contributed by atoms with van der Waals surface area (Å²) in [7, 11) is 0. The number of rotatable bonds is 8. The molecular formula is C20H27N5O2. The van der Waals surface area contributed by atoms with Crippen LogP contribution in [0, 0.1) is 0 Å². The normalized spacial score (nSPS) is 16.1. The molecule has 0 spiro atoms. The first-order valence-corrected chi connectivity index (χ1v) is 9.55. The predicted octanol–water partition coefficient (Wildman–Crippen LogP) is 2.98. The highest BCUT2D eigenvalue weighted by atomic mass is 16.5. The van der Waals surface area contributed by atoms with Gasteiger partial charge in [0.1, 0.15) is 0 Å². The van der Waals surface area contributed by atoms with E-state index >= 15 is 0 Å². The average molecular weight is 369 g/mol. The van der Waals surface area contributed by atoms with Gasteiger partial charge in [0, 0.05) is 37.6 Å². The number of benzene rings is 1. The van der Waals surface area contributed by atoms with Crippen molar-refractivity contribution in [3.63, 3.8) is 0 Å². The van der Waals surface area contributed by atoms with Crippen molar-refractivity contribution in [1.29, 1.82) is 0 Å². The highest BCUT2D eigenvalue weighted by molar-refractivity contribution is 5.92.